The van der Waals surface area contributed by atoms with Gasteiger partial charge in [0.2, 0.25) is 0 Å². The summed E-state index contributed by atoms with van der Waals surface area (Å²) in [6.07, 6.45) is 7.61. The van der Waals surface area contributed by atoms with Crippen molar-refractivity contribution < 1.29 is 13.9 Å². The van der Waals surface area contributed by atoms with E-state index in [0.717, 1.165) is 23.7 Å². The first-order chi connectivity index (χ1) is 14.1. The van der Waals surface area contributed by atoms with Crippen molar-refractivity contribution in [2.75, 3.05) is 0 Å². The third-order valence-corrected chi connectivity index (χ3v) is 5.69. The van der Waals surface area contributed by atoms with Crippen LogP contribution in [0.5, 0.6) is 11.5 Å². The van der Waals surface area contributed by atoms with Crippen molar-refractivity contribution in [1.29, 1.82) is 0 Å². The van der Waals surface area contributed by atoms with Gasteiger partial charge >= 0.3 is 0 Å². The molecule has 29 heavy (non-hydrogen) atoms. The van der Waals surface area contributed by atoms with Crippen LogP contribution < -0.4 is 10.1 Å². The maximum Gasteiger partial charge on any atom is 0.251 e. The van der Waals surface area contributed by atoms with Crippen LogP contribution in [-0.4, -0.2) is 16.9 Å². The van der Waals surface area contributed by atoms with E-state index in [2.05, 4.69) is 10.3 Å². The topological polar surface area (TPSA) is 51.2 Å². The highest BCUT2D eigenvalue weighted by Gasteiger charge is 2.22. The predicted octanol–water partition coefficient (Wildman–Crippen LogP) is 5.86. The largest absolute Gasteiger partial charge is 0.456 e. The molecule has 0 spiro atoms. The van der Waals surface area contributed by atoms with Crippen LogP contribution in [0, 0.1) is 11.7 Å². The summed E-state index contributed by atoms with van der Waals surface area (Å²) in [6.45, 7) is 2.04. The van der Waals surface area contributed by atoms with Crippen molar-refractivity contribution in [1.82, 2.24) is 10.3 Å². The molecule has 1 N–H and O–H groups in total. The number of carbonyl (C=O) groups is 1. The van der Waals surface area contributed by atoms with Gasteiger partial charge in [0.15, 0.2) is 0 Å². The SMILES string of the molecule is C[C@@H](NC(=O)c1cc(F)cc(Oc2ccnc3ccccc23)c1)C1CCCCC1. The highest BCUT2D eigenvalue weighted by Crippen LogP contribution is 2.30. The number of benzene rings is 2. The average molecular weight is 392 g/mol. The van der Waals surface area contributed by atoms with Gasteiger partial charge in [-0.3, -0.25) is 9.78 Å². The fraction of sp³-hybridized carbons (Fsp3) is 0.333. The summed E-state index contributed by atoms with van der Waals surface area (Å²) in [6, 6.07) is 13.5. The van der Waals surface area contributed by atoms with Crippen molar-refractivity contribution in [3.8, 4) is 11.5 Å². The molecule has 1 amide bonds. The van der Waals surface area contributed by atoms with Crippen LogP contribution >= 0.6 is 0 Å². The highest BCUT2D eigenvalue weighted by atomic mass is 19.1. The number of carbonyl (C=O) groups excluding carboxylic acids is 1. The molecule has 1 aliphatic rings. The fourth-order valence-corrected chi connectivity index (χ4v) is 4.08. The normalized spacial score (nSPS) is 15.8. The van der Waals surface area contributed by atoms with E-state index < -0.39 is 5.82 Å². The van der Waals surface area contributed by atoms with Crippen molar-refractivity contribution in [3.63, 3.8) is 0 Å². The van der Waals surface area contributed by atoms with Gasteiger partial charge in [-0.15, -0.1) is 0 Å². The molecule has 1 heterocycles. The van der Waals surface area contributed by atoms with Gasteiger partial charge in [-0.2, -0.15) is 0 Å². The third kappa shape index (κ3) is 4.56. The van der Waals surface area contributed by atoms with Crippen LogP contribution in [0.3, 0.4) is 0 Å². The number of aromatic nitrogens is 1. The van der Waals surface area contributed by atoms with E-state index in [4.69, 9.17) is 4.74 Å². The number of amides is 1. The van der Waals surface area contributed by atoms with Crippen molar-refractivity contribution in [2.24, 2.45) is 5.92 Å². The Kier molecular flexibility index (Phi) is 5.74. The Hall–Kier alpha value is -2.95. The van der Waals surface area contributed by atoms with E-state index in [-0.39, 0.29) is 23.3 Å². The summed E-state index contributed by atoms with van der Waals surface area (Å²) in [5.41, 5.74) is 1.06. The molecule has 4 rings (SSSR count). The van der Waals surface area contributed by atoms with Gasteiger partial charge in [0.05, 0.1) is 5.52 Å². The van der Waals surface area contributed by atoms with Gasteiger partial charge in [0.1, 0.15) is 17.3 Å². The first-order valence-electron chi connectivity index (χ1n) is 10.2. The van der Waals surface area contributed by atoms with Gasteiger partial charge in [-0.05, 0) is 56.0 Å². The van der Waals surface area contributed by atoms with E-state index in [0.29, 0.717) is 11.7 Å². The minimum absolute atomic E-state index is 0.0691. The molecule has 2 aromatic carbocycles. The molecular weight excluding hydrogens is 367 g/mol. The number of pyridine rings is 1. The lowest BCUT2D eigenvalue weighted by Gasteiger charge is -2.28. The van der Waals surface area contributed by atoms with Crippen molar-refractivity contribution in [2.45, 2.75) is 45.1 Å². The second-order valence-corrected chi connectivity index (χ2v) is 7.76. The Morgan fingerprint density at radius 3 is 2.76 bits per heavy atom. The summed E-state index contributed by atoms with van der Waals surface area (Å²) in [7, 11) is 0. The number of hydrogen-bond acceptors (Lipinski definition) is 3. The summed E-state index contributed by atoms with van der Waals surface area (Å²) < 4.78 is 20.1. The van der Waals surface area contributed by atoms with Crippen LogP contribution in [0.15, 0.2) is 54.7 Å². The standard InChI is InChI=1S/C24H25FN2O2/c1-16(17-7-3-2-4-8-17)27-24(28)18-13-19(25)15-20(14-18)29-23-11-12-26-22-10-6-5-9-21(22)23/h5-6,9-17H,2-4,7-8H2,1H3,(H,27,28)/t16-/m1/s1. The molecule has 0 unspecified atom stereocenters. The third-order valence-electron chi connectivity index (χ3n) is 5.69. The minimum Gasteiger partial charge on any atom is -0.456 e. The maximum absolute atomic E-state index is 14.2. The molecule has 1 atom stereocenters. The van der Waals surface area contributed by atoms with Crippen LogP contribution in [-0.2, 0) is 0 Å². The average Bonchev–Trinajstić information content (AvgIpc) is 2.74. The molecule has 1 aliphatic carbocycles. The Bertz CT molecular complexity index is 1010. The van der Waals surface area contributed by atoms with Gasteiger partial charge in [0, 0.05) is 29.3 Å². The van der Waals surface area contributed by atoms with E-state index in [1.165, 1.54) is 31.4 Å². The van der Waals surface area contributed by atoms with E-state index in [1.54, 1.807) is 18.3 Å². The lowest BCUT2D eigenvalue weighted by atomic mass is 9.84. The summed E-state index contributed by atoms with van der Waals surface area (Å²) in [5.74, 6) is 0.573. The zero-order valence-corrected chi connectivity index (χ0v) is 16.5. The smallest absolute Gasteiger partial charge is 0.251 e. The second kappa shape index (κ2) is 8.60. The number of ether oxygens (including phenoxy) is 1. The van der Waals surface area contributed by atoms with E-state index in [1.807, 2.05) is 31.2 Å². The molecule has 4 nitrogen and oxygen atoms in total. The maximum atomic E-state index is 14.2. The molecule has 3 aromatic rings. The van der Waals surface area contributed by atoms with Crippen LogP contribution in [0.4, 0.5) is 4.39 Å². The van der Waals surface area contributed by atoms with Crippen LogP contribution in [0.25, 0.3) is 10.9 Å². The lowest BCUT2D eigenvalue weighted by molar-refractivity contribution is 0.0918. The first kappa shape index (κ1) is 19.4. The van der Waals surface area contributed by atoms with Crippen molar-refractivity contribution >= 4 is 16.8 Å². The van der Waals surface area contributed by atoms with Crippen LogP contribution in [0.2, 0.25) is 0 Å². The number of fused-ring (bicyclic) bond motifs is 1. The summed E-state index contributed by atoms with van der Waals surface area (Å²) in [4.78, 5) is 17.0. The zero-order valence-electron chi connectivity index (χ0n) is 16.5. The summed E-state index contributed by atoms with van der Waals surface area (Å²) >= 11 is 0. The number of para-hydroxylation sites is 1. The Morgan fingerprint density at radius 1 is 1.14 bits per heavy atom. The molecule has 1 aromatic heterocycles. The minimum atomic E-state index is -0.503. The number of rotatable bonds is 5. The molecule has 0 aliphatic heterocycles. The number of halogens is 1. The van der Waals surface area contributed by atoms with Gasteiger partial charge in [0.25, 0.3) is 5.91 Å². The quantitative estimate of drug-likeness (QED) is 0.591. The van der Waals surface area contributed by atoms with Crippen molar-refractivity contribution in [3.05, 3.63) is 66.1 Å². The first-order valence-corrected chi connectivity index (χ1v) is 10.2. The molecule has 5 heteroatoms. The number of hydrogen-bond donors (Lipinski definition) is 1. The van der Waals surface area contributed by atoms with Gasteiger partial charge < -0.3 is 10.1 Å². The molecule has 1 saturated carbocycles. The Labute approximate surface area is 170 Å². The molecule has 0 saturated heterocycles. The van der Waals surface area contributed by atoms with E-state index >= 15 is 0 Å². The monoisotopic (exact) mass is 392 g/mol. The predicted molar refractivity (Wildman–Crippen MR) is 112 cm³/mol. The van der Waals surface area contributed by atoms with Gasteiger partial charge in [-0.1, -0.05) is 31.4 Å². The second-order valence-electron chi connectivity index (χ2n) is 7.76. The summed E-state index contributed by atoms with van der Waals surface area (Å²) in [5, 5.41) is 3.87. The zero-order chi connectivity index (χ0) is 20.2. The van der Waals surface area contributed by atoms with E-state index in [9.17, 15) is 9.18 Å². The number of nitrogens with zero attached hydrogens (tertiary/aromatic N) is 1. The van der Waals surface area contributed by atoms with Crippen LogP contribution in [0.1, 0.15) is 49.4 Å². The molecule has 0 radical (unpaired) electrons. The molecule has 1 fully saturated rings. The van der Waals surface area contributed by atoms with Gasteiger partial charge in [-0.25, -0.2) is 4.39 Å². The lowest BCUT2D eigenvalue weighted by Crippen LogP contribution is -2.38. The Morgan fingerprint density at radius 2 is 1.93 bits per heavy atom. The molecular formula is C24H25FN2O2. The molecule has 150 valence electrons. The molecule has 0 bridgehead atoms. The highest BCUT2D eigenvalue weighted by molar-refractivity contribution is 5.95. The Balaban J connectivity index is 1.53. The fourth-order valence-electron chi connectivity index (χ4n) is 4.08. The number of nitrogens with one attached hydrogen (secondary N) is 1.